The highest BCUT2D eigenvalue weighted by Crippen LogP contribution is 2.31. The highest BCUT2D eigenvalue weighted by atomic mass is 16.1. The van der Waals surface area contributed by atoms with Gasteiger partial charge in [0.2, 0.25) is 0 Å². The Labute approximate surface area is 108 Å². The van der Waals surface area contributed by atoms with E-state index in [9.17, 15) is 4.79 Å². The van der Waals surface area contributed by atoms with Gasteiger partial charge in [-0.2, -0.15) is 0 Å². The molecular weight excluding hydrogens is 222 g/mol. The number of rotatable bonds is 3. The van der Waals surface area contributed by atoms with Gasteiger partial charge in [-0.1, -0.05) is 18.6 Å². The lowest BCUT2D eigenvalue weighted by atomic mass is 9.85. The summed E-state index contributed by atoms with van der Waals surface area (Å²) in [6.07, 6.45) is 6.08. The number of benzene rings is 1. The molecular formula is C16H19NO. The average molecular weight is 241 g/mol. The van der Waals surface area contributed by atoms with Crippen LogP contribution in [0.15, 0.2) is 24.4 Å². The molecule has 0 unspecified atom stereocenters. The van der Waals surface area contributed by atoms with Gasteiger partial charge in [-0.05, 0) is 44.2 Å². The first kappa shape index (κ1) is 11.5. The van der Waals surface area contributed by atoms with Crippen LogP contribution in [0.1, 0.15) is 42.1 Å². The molecule has 18 heavy (non-hydrogen) atoms. The SMILES string of the molecule is CC(=O)c1cn(CC2CCC2)c2cc(C)ccc12. The van der Waals surface area contributed by atoms with E-state index in [1.54, 1.807) is 6.92 Å². The number of carbonyl (C=O) groups excluding carboxylic acids is 1. The van der Waals surface area contributed by atoms with Crippen LogP contribution < -0.4 is 0 Å². The van der Waals surface area contributed by atoms with Crippen molar-refractivity contribution in [2.24, 2.45) is 5.92 Å². The number of hydrogen-bond donors (Lipinski definition) is 0. The summed E-state index contributed by atoms with van der Waals surface area (Å²) in [5.74, 6) is 0.970. The van der Waals surface area contributed by atoms with Crippen molar-refractivity contribution in [3.63, 3.8) is 0 Å². The molecule has 2 heteroatoms. The van der Waals surface area contributed by atoms with Crippen LogP contribution in [0.2, 0.25) is 0 Å². The first-order valence-electron chi connectivity index (χ1n) is 6.75. The van der Waals surface area contributed by atoms with Crippen LogP contribution in [0.4, 0.5) is 0 Å². The molecule has 1 aliphatic carbocycles. The summed E-state index contributed by atoms with van der Waals surface area (Å²) in [6.45, 7) is 4.82. The minimum atomic E-state index is 0.163. The van der Waals surface area contributed by atoms with Gasteiger partial charge in [0.25, 0.3) is 0 Å². The third-order valence-electron chi connectivity index (χ3n) is 4.10. The Balaban J connectivity index is 2.10. The third-order valence-corrected chi connectivity index (χ3v) is 4.10. The maximum Gasteiger partial charge on any atom is 0.161 e. The smallest absolute Gasteiger partial charge is 0.161 e. The van der Waals surface area contributed by atoms with Gasteiger partial charge in [0.1, 0.15) is 0 Å². The van der Waals surface area contributed by atoms with E-state index < -0.39 is 0 Å². The molecule has 3 rings (SSSR count). The van der Waals surface area contributed by atoms with E-state index in [0.717, 1.165) is 23.4 Å². The lowest BCUT2D eigenvalue weighted by Gasteiger charge is -2.26. The largest absolute Gasteiger partial charge is 0.346 e. The van der Waals surface area contributed by atoms with E-state index in [1.165, 1.54) is 30.3 Å². The summed E-state index contributed by atoms with van der Waals surface area (Å²) in [4.78, 5) is 11.7. The van der Waals surface area contributed by atoms with Crippen LogP contribution in [0.3, 0.4) is 0 Å². The molecule has 1 heterocycles. The van der Waals surface area contributed by atoms with Crippen LogP contribution in [0.5, 0.6) is 0 Å². The molecule has 1 fully saturated rings. The molecule has 0 saturated heterocycles. The summed E-state index contributed by atoms with van der Waals surface area (Å²) in [5, 5.41) is 1.10. The lowest BCUT2D eigenvalue weighted by molar-refractivity contribution is 0.101. The molecule has 94 valence electrons. The minimum absolute atomic E-state index is 0.163. The first-order chi connectivity index (χ1) is 8.65. The molecule has 0 radical (unpaired) electrons. The van der Waals surface area contributed by atoms with Crippen LogP contribution in [-0.2, 0) is 6.54 Å². The summed E-state index contributed by atoms with van der Waals surface area (Å²) in [5.41, 5.74) is 3.34. The predicted octanol–water partition coefficient (Wildman–Crippen LogP) is 3.95. The van der Waals surface area contributed by atoms with E-state index in [2.05, 4.69) is 29.7 Å². The minimum Gasteiger partial charge on any atom is -0.346 e. The molecule has 1 saturated carbocycles. The average Bonchev–Trinajstić information content (AvgIpc) is 2.62. The van der Waals surface area contributed by atoms with Gasteiger partial charge in [-0.25, -0.2) is 0 Å². The maximum absolute atomic E-state index is 11.7. The van der Waals surface area contributed by atoms with Crippen molar-refractivity contribution in [1.82, 2.24) is 4.57 Å². The first-order valence-corrected chi connectivity index (χ1v) is 6.75. The number of aromatic nitrogens is 1. The van der Waals surface area contributed by atoms with Crippen molar-refractivity contribution in [3.8, 4) is 0 Å². The van der Waals surface area contributed by atoms with Crippen LogP contribution in [0, 0.1) is 12.8 Å². The van der Waals surface area contributed by atoms with E-state index >= 15 is 0 Å². The number of fused-ring (bicyclic) bond motifs is 1. The number of hydrogen-bond acceptors (Lipinski definition) is 1. The van der Waals surface area contributed by atoms with Gasteiger partial charge >= 0.3 is 0 Å². The fraction of sp³-hybridized carbons (Fsp3) is 0.438. The highest BCUT2D eigenvalue weighted by molar-refractivity contribution is 6.07. The van der Waals surface area contributed by atoms with E-state index in [0.29, 0.717) is 0 Å². The molecule has 2 nitrogen and oxygen atoms in total. The molecule has 0 amide bonds. The van der Waals surface area contributed by atoms with Crippen molar-refractivity contribution in [1.29, 1.82) is 0 Å². The standard InChI is InChI=1S/C16H19NO/c1-11-6-7-14-15(12(2)18)10-17(16(14)8-11)9-13-4-3-5-13/h6-8,10,13H,3-5,9H2,1-2H3. The molecule has 1 aliphatic rings. The molecule has 1 aromatic heterocycles. The second-order valence-electron chi connectivity index (χ2n) is 5.57. The second-order valence-corrected chi connectivity index (χ2v) is 5.57. The fourth-order valence-electron chi connectivity index (χ4n) is 2.79. The lowest BCUT2D eigenvalue weighted by Crippen LogP contribution is -2.17. The molecule has 0 spiro atoms. The molecule has 2 aromatic rings. The molecule has 0 atom stereocenters. The van der Waals surface area contributed by atoms with Crippen LogP contribution in [-0.4, -0.2) is 10.4 Å². The zero-order valence-electron chi connectivity index (χ0n) is 11.1. The molecule has 1 aromatic carbocycles. The summed E-state index contributed by atoms with van der Waals surface area (Å²) >= 11 is 0. The Kier molecular flexibility index (Phi) is 2.73. The van der Waals surface area contributed by atoms with Gasteiger partial charge in [0.05, 0.1) is 0 Å². The van der Waals surface area contributed by atoms with E-state index in [-0.39, 0.29) is 5.78 Å². The Morgan fingerprint density at radius 1 is 1.39 bits per heavy atom. The quantitative estimate of drug-likeness (QED) is 0.746. The third kappa shape index (κ3) is 1.86. The van der Waals surface area contributed by atoms with Crippen molar-refractivity contribution in [2.75, 3.05) is 0 Å². The normalized spacial score (nSPS) is 15.9. The van der Waals surface area contributed by atoms with Crippen molar-refractivity contribution < 1.29 is 4.79 Å². The number of aryl methyl sites for hydroxylation is 1. The zero-order valence-corrected chi connectivity index (χ0v) is 11.1. The Morgan fingerprint density at radius 2 is 2.17 bits per heavy atom. The second kappa shape index (κ2) is 4.27. The summed E-state index contributed by atoms with van der Waals surface area (Å²) in [6, 6.07) is 6.36. The monoisotopic (exact) mass is 241 g/mol. The Bertz CT molecular complexity index is 605. The maximum atomic E-state index is 11.7. The number of nitrogens with zero attached hydrogens (tertiary/aromatic N) is 1. The van der Waals surface area contributed by atoms with Crippen molar-refractivity contribution >= 4 is 16.7 Å². The number of Topliss-reactive ketones (excluding diaryl/α,β-unsaturated/α-hetero) is 1. The van der Waals surface area contributed by atoms with Gasteiger partial charge < -0.3 is 4.57 Å². The van der Waals surface area contributed by atoms with E-state index in [1.807, 2.05) is 6.20 Å². The summed E-state index contributed by atoms with van der Waals surface area (Å²) in [7, 11) is 0. The van der Waals surface area contributed by atoms with Gasteiger partial charge in [0.15, 0.2) is 5.78 Å². The topological polar surface area (TPSA) is 22.0 Å². The molecule has 0 N–H and O–H groups in total. The van der Waals surface area contributed by atoms with E-state index in [4.69, 9.17) is 0 Å². The van der Waals surface area contributed by atoms with Crippen molar-refractivity contribution in [3.05, 3.63) is 35.5 Å². The van der Waals surface area contributed by atoms with Gasteiger partial charge in [0, 0.05) is 29.2 Å². The van der Waals surface area contributed by atoms with Gasteiger partial charge in [-0.15, -0.1) is 0 Å². The summed E-state index contributed by atoms with van der Waals surface area (Å²) < 4.78 is 2.28. The molecule has 0 bridgehead atoms. The zero-order chi connectivity index (χ0) is 12.7. The number of carbonyl (C=O) groups is 1. The highest BCUT2D eigenvalue weighted by Gasteiger charge is 2.20. The Morgan fingerprint density at radius 3 is 2.78 bits per heavy atom. The predicted molar refractivity (Wildman–Crippen MR) is 74.0 cm³/mol. The van der Waals surface area contributed by atoms with Gasteiger partial charge in [-0.3, -0.25) is 4.79 Å². The Hall–Kier alpha value is -1.57. The fourth-order valence-corrected chi connectivity index (χ4v) is 2.79. The number of ketones is 1. The molecule has 0 aliphatic heterocycles. The van der Waals surface area contributed by atoms with Crippen LogP contribution >= 0.6 is 0 Å². The van der Waals surface area contributed by atoms with Crippen molar-refractivity contribution in [2.45, 2.75) is 39.7 Å². The van der Waals surface area contributed by atoms with Crippen LogP contribution in [0.25, 0.3) is 10.9 Å².